The minimum absolute atomic E-state index is 0.0682. The molecule has 1 heterocycles. The van der Waals surface area contributed by atoms with E-state index in [-0.39, 0.29) is 12.5 Å². The first-order valence-corrected chi connectivity index (χ1v) is 6.51. The summed E-state index contributed by atoms with van der Waals surface area (Å²) in [4.78, 5) is 10.6. The summed E-state index contributed by atoms with van der Waals surface area (Å²) >= 11 is 0. The van der Waals surface area contributed by atoms with Gasteiger partial charge in [0.2, 0.25) is 0 Å². The van der Waals surface area contributed by atoms with E-state index in [1.807, 2.05) is 19.1 Å². The maximum Gasteiger partial charge on any atom is 0.303 e. The number of benzene rings is 1. The van der Waals surface area contributed by atoms with Crippen LogP contribution < -0.4 is 15.2 Å². The summed E-state index contributed by atoms with van der Waals surface area (Å²) in [6.45, 7) is 3.13. The number of nitrogens with two attached hydrogens (primary N) is 1. The van der Waals surface area contributed by atoms with Crippen molar-refractivity contribution >= 4 is 5.97 Å². The van der Waals surface area contributed by atoms with E-state index in [2.05, 4.69) is 0 Å². The summed E-state index contributed by atoms with van der Waals surface area (Å²) in [5, 5.41) is 8.73. The molecule has 0 saturated heterocycles. The summed E-state index contributed by atoms with van der Waals surface area (Å²) in [6, 6.07) is 3.55. The highest BCUT2D eigenvalue weighted by molar-refractivity contribution is 5.66. The van der Waals surface area contributed by atoms with Gasteiger partial charge < -0.3 is 20.3 Å². The Hall–Kier alpha value is -1.75. The van der Waals surface area contributed by atoms with E-state index in [4.69, 9.17) is 20.3 Å². The van der Waals surface area contributed by atoms with Crippen LogP contribution in [-0.2, 0) is 11.2 Å². The van der Waals surface area contributed by atoms with Crippen molar-refractivity contribution in [3.63, 3.8) is 0 Å². The van der Waals surface area contributed by atoms with Gasteiger partial charge in [0.25, 0.3) is 0 Å². The molecule has 0 saturated carbocycles. The molecule has 0 bridgehead atoms. The average molecular weight is 265 g/mol. The minimum Gasteiger partial charge on any atom is -0.486 e. The van der Waals surface area contributed by atoms with Crippen LogP contribution in [0.5, 0.6) is 11.5 Å². The lowest BCUT2D eigenvalue weighted by molar-refractivity contribution is -0.137. The van der Waals surface area contributed by atoms with Crippen LogP contribution in [0, 0.1) is 0 Å². The monoisotopic (exact) mass is 265 g/mol. The molecule has 0 fully saturated rings. The first kappa shape index (κ1) is 13.7. The van der Waals surface area contributed by atoms with Crippen molar-refractivity contribution in [1.82, 2.24) is 0 Å². The molecule has 1 aromatic rings. The fourth-order valence-corrected chi connectivity index (χ4v) is 2.23. The smallest absolute Gasteiger partial charge is 0.303 e. The van der Waals surface area contributed by atoms with Gasteiger partial charge in [0.05, 0.1) is 0 Å². The molecule has 0 aliphatic carbocycles. The van der Waals surface area contributed by atoms with Crippen molar-refractivity contribution in [2.45, 2.75) is 32.2 Å². The number of ether oxygens (including phenoxy) is 2. The number of hydrogen-bond acceptors (Lipinski definition) is 4. The largest absolute Gasteiger partial charge is 0.486 e. The van der Waals surface area contributed by atoms with Gasteiger partial charge in [-0.15, -0.1) is 0 Å². The van der Waals surface area contributed by atoms with Gasteiger partial charge in [-0.1, -0.05) is 6.92 Å². The Morgan fingerprint density at radius 1 is 1.37 bits per heavy atom. The second-order valence-corrected chi connectivity index (χ2v) is 4.59. The van der Waals surface area contributed by atoms with Crippen LogP contribution in [0.4, 0.5) is 0 Å². The normalized spacial score (nSPS) is 15.1. The van der Waals surface area contributed by atoms with E-state index in [1.54, 1.807) is 0 Å². The van der Waals surface area contributed by atoms with E-state index in [0.717, 1.165) is 23.3 Å². The van der Waals surface area contributed by atoms with Crippen molar-refractivity contribution in [2.24, 2.45) is 5.73 Å². The number of carboxylic acid groups (broad SMARTS) is 1. The zero-order chi connectivity index (χ0) is 13.8. The summed E-state index contributed by atoms with van der Waals surface area (Å²) in [5.74, 6) is 0.618. The van der Waals surface area contributed by atoms with Gasteiger partial charge in [0, 0.05) is 12.5 Å². The van der Waals surface area contributed by atoms with Crippen molar-refractivity contribution in [3.8, 4) is 11.5 Å². The molecule has 0 spiro atoms. The predicted octanol–water partition coefficient (Wildman–Crippen LogP) is 1.88. The molecule has 5 heteroatoms. The van der Waals surface area contributed by atoms with Crippen molar-refractivity contribution in [3.05, 3.63) is 23.3 Å². The number of aryl methyl sites for hydroxylation is 1. The molecule has 1 aliphatic heterocycles. The lowest BCUT2D eigenvalue weighted by atomic mass is 9.95. The van der Waals surface area contributed by atoms with Crippen LogP contribution in [-0.4, -0.2) is 24.3 Å². The van der Waals surface area contributed by atoms with Gasteiger partial charge in [-0.05, 0) is 36.1 Å². The molecule has 0 amide bonds. The van der Waals surface area contributed by atoms with E-state index >= 15 is 0 Å². The van der Waals surface area contributed by atoms with Gasteiger partial charge in [-0.3, -0.25) is 4.79 Å². The Kier molecular flexibility index (Phi) is 4.27. The molecule has 19 heavy (non-hydrogen) atoms. The Morgan fingerprint density at radius 3 is 2.58 bits per heavy atom. The highest BCUT2D eigenvalue weighted by Crippen LogP contribution is 2.36. The Balaban J connectivity index is 2.25. The first-order valence-electron chi connectivity index (χ1n) is 6.51. The highest BCUT2D eigenvalue weighted by atomic mass is 16.6. The molecule has 3 N–H and O–H groups in total. The SMILES string of the molecule is CCc1cc2c(cc1C(N)CCC(=O)O)OCCO2. The summed E-state index contributed by atoms with van der Waals surface area (Å²) in [7, 11) is 0. The molecule has 1 aliphatic rings. The number of hydrogen-bond donors (Lipinski definition) is 2. The quantitative estimate of drug-likeness (QED) is 0.849. The van der Waals surface area contributed by atoms with Gasteiger partial charge in [-0.25, -0.2) is 0 Å². The van der Waals surface area contributed by atoms with Gasteiger partial charge in [0.1, 0.15) is 13.2 Å². The molecule has 0 radical (unpaired) electrons. The molecule has 2 rings (SSSR count). The van der Waals surface area contributed by atoms with Crippen molar-refractivity contribution in [2.75, 3.05) is 13.2 Å². The summed E-state index contributed by atoms with van der Waals surface area (Å²) in [5.41, 5.74) is 8.13. The van der Waals surface area contributed by atoms with Gasteiger partial charge in [0.15, 0.2) is 11.5 Å². The fraction of sp³-hybridized carbons (Fsp3) is 0.500. The van der Waals surface area contributed by atoms with Gasteiger partial charge in [-0.2, -0.15) is 0 Å². The molecular formula is C14H19NO4. The molecule has 5 nitrogen and oxygen atoms in total. The molecule has 1 aromatic carbocycles. The topological polar surface area (TPSA) is 81.8 Å². The van der Waals surface area contributed by atoms with Crippen molar-refractivity contribution < 1.29 is 19.4 Å². The van der Waals surface area contributed by atoms with Gasteiger partial charge >= 0.3 is 5.97 Å². The third kappa shape index (κ3) is 3.17. The number of fused-ring (bicyclic) bond motifs is 1. The lowest BCUT2D eigenvalue weighted by Crippen LogP contribution is -2.18. The molecular weight excluding hydrogens is 246 g/mol. The third-order valence-electron chi connectivity index (χ3n) is 3.25. The number of carboxylic acids is 1. The number of aliphatic carboxylic acids is 1. The molecule has 1 unspecified atom stereocenters. The average Bonchev–Trinajstić information content (AvgIpc) is 2.43. The zero-order valence-corrected chi connectivity index (χ0v) is 11.0. The van der Waals surface area contributed by atoms with Crippen LogP contribution in [0.15, 0.2) is 12.1 Å². The molecule has 0 aromatic heterocycles. The minimum atomic E-state index is -0.828. The number of carbonyl (C=O) groups is 1. The van der Waals surface area contributed by atoms with Crippen LogP contribution in [0.3, 0.4) is 0 Å². The van der Waals surface area contributed by atoms with Crippen molar-refractivity contribution in [1.29, 1.82) is 0 Å². The number of rotatable bonds is 5. The molecule has 104 valence electrons. The first-order chi connectivity index (χ1) is 9.11. The zero-order valence-electron chi connectivity index (χ0n) is 11.0. The van der Waals surface area contributed by atoms with Crippen LogP contribution in [0.2, 0.25) is 0 Å². The second kappa shape index (κ2) is 5.93. The van der Waals surface area contributed by atoms with Crippen LogP contribution >= 0.6 is 0 Å². The Morgan fingerprint density at radius 2 is 2.00 bits per heavy atom. The Bertz CT molecular complexity index is 473. The van der Waals surface area contributed by atoms with E-state index in [9.17, 15) is 4.79 Å². The highest BCUT2D eigenvalue weighted by Gasteiger charge is 2.19. The second-order valence-electron chi connectivity index (χ2n) is 4.59. The van der Waals surface area contributed by atoms with E-state index < -0.39 is 5.97 Å². The maximum absolute atomic E-state index is 10.6. The standard InChI is InChI=1S/C14H19NO4/c1-2-9-7-12-13(19-6-5-18-12)8-10(9)11(15)3-4-14(16)17/h7-8,11H,2-6,15H2,1H3,(H,16,17). The van der Waals surface area contributed by atoms with Crippen LogP contribution in [0.1, 0.15) is 36.9 Å². The van der Waals surface area contributed by atoms with Crippen LogP contribution in [0.25, 0.3) is 0 Å². The maximum atomic E-state index is 10.6. The molecule has 1 atom stereocenters. The van der Waals surface area contributed by atoms with E-state index in [0.29, 0.717) is 25.4 Å². The lowest BCUT2D eigenvalue weighted by Gasteiger charge is -2.23. The predicted molar refractivity (Wildman–Crippen MR) is 70.6 cm³/mol. The Labute approximate surface area is 112 Å². The summed E-state index contributed by atoms with van der Waals surface area (Å²) < 4.78 is 11.1. The summed E-state index contributed by atoms with van der Waals surface area (Å²) in [6.07, 6.45) is 1.31. The van der Waals surface area contributed by atoms with E-state index in [1.165, 1.54) is 0 Å². The fourth-order valence-electron chi connectivity index (χ4n) is 2.23. The third-order valence-corrected chi connectivity index (χ3v) is 3.25.